The van der Waals surface area contributed by atoms with E-state index in [0.717, 1.165) is 45.0 Å². The van der Waals surface area contributed by atoms with Gasteiger partial charge in [-0.25, -0.2) is 0 Å². The number of benzene rings is 1. The maximum Gasteiger partial charge on any atom is 0.145 e. The normalized spacial score (nSPS) is 24.7. The number of morpholine rings is 1. The van der Waals surface area contributed by atoms with Crippen LogP contribution in [0.2, 0.25) is 0 Å². The predicted molar refractivity (Wildman–Crippen MR) is 69.7 cm³/mol. The molecule has 0 N–H and O–H groups in total. The lowest BCUT2D eigenvalue weighted by Gasteiger charge is -2.27. The fourth-order valence-corrected chi connectivity index (χ4v) is 2.40. The lowest BCUT2D eigenvalue weighted by atomic mass is 10.0. The van der Waals surface area contributed by atoms with E-state index in [4.69, 9.17) is 9.57 Å². The van der Waals surface area contributed by atoms with Crippen molar-refractivity contribution in [3.8, 4) is 0 Å². The Morgan fingerprint density at radius 2 is 1.94 bits per heavy atom. The molecule has 0 spiro atoms. The highest BCUT2D eigenvalue weighted by Gasteiger charge is 2.25. The van der Waals surface area contributed by atoms with E-state index in [2.05, 4.69) is 22.2 Å². The van der Waals surface area contributed by atoms with Crippen molar-refractivity contribution in [2.75, 3.05) is 32.8 Å². The van der Waals surface area contributed by atoms with Crippen molar-refractivity contribution in [1.29, 1.82) is 0 Å². The molecule has 2 aliphatic heterocycles. The highest BCUT2D eigenvalue weighted by molar-refractivity contribution is 6.01. The third kappa shape index (κ3) is 2.71. The molecule has 0 bridgehead atoms. The van der Waals surface area contributed by atoms with Crippen LogP contribution in [0.5, 0.6) is 0 Å². The summed E-state index contributed by atoms with van der Waals surface area (Å²) in [6, 6.07) is 10.3. The number of oxime groups is 1. The Bertz CT molecular complexity index is 413. The standard InChI is InChI=1S/C14H18N2O2/c1-2-4-12(5-3-1)14-10-13(18-15-14)11-16-6-8-17-9-7-16/h1-5,13H,6-11H2. The molecule has 1 atom stereocenters. The topological polar surface area (TPSA) is 34.1 Å². The summed E-state index contributed by atoms with van der Waals surface area (Å²) in [5.74, 6) is 0. The van der Waals surface area contributed by atoms with Crippen LogP contribution in [0.3, 0.4) is 0 Å². The summed E-state index contributed by atoms with van der Waals surface area (Å²) < 4.78 is 5.34. The number of hydrogen-bond donors (Lipinski definition) is 0. The van der Waals surface area contributed by atoms with E-state index in [0.29, 0.717) is 0 Å². The van der Waals surface area contributed by atoms with Gasteiger partial charge in [-0.05, 0) is 5.56 Å². The summed E-state index contributed by atoms with van der Waals surface area (Å²) in [6.45, 7) is 4.61. The van der Waals surface area contributed by atoms with Crippen molar-refractivity contribution in [3.05, 3.63) is 35.9 Å². The van der Waals surface area contributed by atoms with Gasteiger partial charge in [-0.15, -0.1) is 0 Å². The molecule has 0 aliphatic carbocycles. The SMILES string of the molecule is c1ccc(C2=NOC(CN3CCOCC3)C2)cc1. The Hall–Kier alpha value is -1.39. The average molecular weight is 246 g/mol. The van der Waals surface area contributed by atoms with E-state index in [-0.39, 0.29) is 6.10 Å². The van der Waals surface area contributed by atoms with Gasteiger partial charge < -0.3 is 9.57 Å². The Labute approximate surface area is 107 Å². The van der Waals surface area contributed by atoms with Crippen LogP contribution in [0.1, 0.15) is 12.0 Å². The molecule has 1 unspecified atom stereocenters. The molecule has 0 radical (unpaired) electrons. The van der Waals surface area contributed by atoms with Crippen molar-refractivity contribution >= 4 is 5.71 Å². The molecule has 1 fully saturated rings. The molecule has 4 heteroatoms. The lowest BCUT2D eigenvalue weighted by Crippen LogP contribution is -2.41. The molecule has 0 saturated carbocycles. The first-order valence-corrected chi connectivity index (χ1v) is 6.50. The van der Waals surface area contributed by atoms with Crippen molar-refractivity contribution in [2.24, 2.45) is 5.16 Å². The number of hydrogen-bond acceptors (Lipinski definition) is 4. The summed E-state index contributed by atoms with van der Waals surface area (Å²) in [6.07, 6.45) is 1.10. The zero-order valence-corrected chi connectivity index (χ0v) is 10.4. The minimum atomic E-state index is 0.193. The van der Waals surface area contributed by atoms with Crippen molar-refractivity contribution in [3.63, 3.8) is 0 Å². The first kappa shape index (κ1) is 11.7. The average Bonchev–Trinajstić information content (AvgIpc) is 2.89. The fourth-order valence-electron chi connectivity index (χ4n) is 2.40. The van der Waals surface area contributed by atoms with Gasteiger partial charge in [0.1, 0.15) is 6.10 Å². The Morgan fingerprint density at radius 3 is 2.72 bits per heavy atom. The van der Waals surface area contributed by atoms with Gasteiger partial charge in [0.15, 0.2) is 0 Å². The number of ether oxygens (including phenoxy) is 1. The van der Waals surface area contributed by atoms with Crippen LogP contribution in [0.4, 0.5) is 0 Å². The highest BCUT2D eigenvalue weighted by atomic mass is 16.6. The summed E-state index contributed by atoms with van der Waals surface area (Å²) in [4.78, 5) is 7.91. The number of rotatable bonds is 3. The Balaban J connectivity index is 1.54. The van der Waals surface area contributed by atoms with E-state index >= 15 is 0 Å². The van der Waals surface area contributed by atoms with Crippen molar-refractivity contribution in [2.45, 2.75) is 12.5 Å². The second kappa shape index (κ2) is 5.50. The Morgan fingerprint density at radius 1 is 1.17 bits per heavy atom. The maximum atomic E-state index is 5.53. The minimum absolute atomic E-state index is 0.193. The second-order valence-electron chi connectivity index (χ2n) is 4.75. The van der Waals surface area contributed by atoms with Gasteiger partial charge >= 0.3 is 0 Å². The zero-order valence-electron chi connectivity index (χ0n) is 10.4. The highest BCUT2D eigenvalue weighted by Crippen LogP contribution is 2.17. The van der Waals surface area contributed by atoms with Crippen LogP contribution in [0, 0.1) is 0 Å². The van der Waals surface area contributed by atoms with E-state index in [1.54, 1.807) is 0 Å². The maximum absolute atomic E-state index is 5.53. The summed E-state index contributed by atoms with van der Waals surface area (Å²) in [7, 11) is 0. The van der Waals surface area contributed by atoms with Gasteiger partial charge in [0, 0.05) is 26.1 Å². The van der Waals surface area contributed by atoms with Crippen LogP contribution in [-0.2, 0) is 9.57 Å². The zero-order chi connectivity index (χ0) is 12.2. The fraction of sp³-hybridized carbons (Fsp3) is 0.500. The van der Waals surface area contributed by atoms with Gasteiger partial charge in [0.2, 0.25) is 0 Å². The first-order chi connectivity index (χ1) is 8.92. The molecule has 1 aromatic carbocycles. The van der Waals surface area contributed by atoms with Gasteiger partial charge in [-0.2, -0.15) is 0 Å². The molecule has 4 nitrogen and oxygen atoms in total. The van der Waals surface area contributed by atoms with Crippen LogP contribution < -0.4 is 0 Å². The van der Waals surface area contributed by atoms with Gasteiger partial charge in [0.05, 0.1) is 18.9 Å². The predicted octanol–water partition coefficient (Wildman–Crippen LogP) is 1.51. The van der Waals surface area contributed by atoms with E-state index in [9.17, 15) is 0 Å². The summed E-state index contributed by atoms with van der Waals surface area (Å²) >= 11 is 0. The van der Waals surface area contributed by atoms with Crippen LogP contribution in [0.15, 0.2) is 35.5 Å². The molecule has 0 amide bonds. The molecular weight excluding hydrogens is 228 g/mol. The first-order valence-electron chi connectivity index (χ1n) is 6.50. The van der Waals surface area contributed by atoms with Gasteiger partial charge in [-0.1, -0.05) is 35.5 Å². The lowest BCUT2D eigenvalue weighted by molar-refractivity contribution is -0.0000387. The number of nitrogens with zero attached hydrogens (tertiary/aromatic N) is 2. The third-order valence-electron chi connectivity index (χ3n) is 3.41. The third-order valence-corrected chi connectivity index (χ3v) is 3.41. The largest absolute Gasteiger partial charge is 0.390 e. The van der Waals surface area contributed by atoms with Gasteiger partial charge in [-0.3, -0.25) is 4.90 Å². The van der Waals surface area contributed by atoms with Crippen LogP contribution in [0.25, 0.3) is 0 Å². The molecule has 18 heavy (non-hydrogen) atoms. The molecule has 3 rings (SSSR count). The molecule has 2 aliphatic rings. The van der Waals surface area contributed by atoms with E-state index in [1.165, 1.54) is 5.56 Å². The van der Waals surface area contributed by atoms with Crippen LogP contribution in [-0.4, -0.2) is 49.6 Å². The molecule has 0 aromatic heterocycles. The van der Waals surface area contributed by atoms with E-state index < -0.39 is 0 Å². The molecular formula is C14H18N2O2. The van der Waals surface area contributed by atoms with Crippen molar-refractivity contribution < 1.29 is 9.57 Å². The minimum Gasteiger partial charge on any atom is -0.390 e. The molecule has 1 aromatic rings. The van der Waals surface area contributed by atoms with Crippen molar-refractivity contribution in [1.82, 2.24) is 4.90 Å². The monoisotopic (exact) mass is 246 g/mol. The smallest absolute Gasteiger partial charge is 0.145 e. The summed E-state index contributed by atoms with van der Waals surface area (Å²) in [5, 5.41) is 4.21. The Kier molecular flexibility index (Phi) is 3.57. The van der Waals surface area contributed by atoms with Gasteiger partial charge in [0.25, 0.3) is 0 Å². The van der Waals surface area contributed by atoms with Crippen LogP contribution >= 0.6 is 0 Å². The molecule has 96 valence electrons. The molecule has 1 saturated heterocycles. The quantitative estimate of drug-likeness (QED) is 0.810. The van der Waals surface area contributed by atoms with E-state index in [1.807, 2.05) is 18.2 Å². The second-order valence-corrected chi connectivity index (χ2v) is 4.75. The summed E-state index contributed by atoms with van der Waals surface area (Å²) in [5.41, 5.74) is 2.23. The molecule has 2 heterocycles.